The molecule has 5 rings (SSSR count). The molecule has 2 N–H and O–H groups in total. The summed E-state index contributed by atoms with van der Waals surface area (Å²) >= 11 is 0. The van der Waals surface area contributed by atoms with Gasteiger partial charge in [-0.2, -0.15) is 5.10 Å². The molecular formula is C31H32N4O4. The van der Waals surface area contributed by atoms with Gasteiger partial charge in [-0.25, -0.2) is 4.68 Å². The summed E-state index contributed by atoms with van der Waals surface area (Å²) in [6.07, 6.45) is 0.313. The summed E-state index contributed by atoms with van der Waals surface area (Å²) in [5, 5.41) is 10.8. The van der Waals surface area contributed by atoms with Crippen LogP contribution >= 0.6 is 0 Å². The summed E-state index contributed by atoms with van der Waals surface area (Å²) in [4.78, 5) is 27.1. The van der Waals surface area contributed by atoms with E-state index in [1.165, 1.54) is 0 Å². The largest absolute Gasteiger partial charge is 0.454 e. The van der Waals surface area contributed by atoms with Gasteiger partial charge < -0.3 is 20.1 Å². The quantitative estimate of drug-likeness (QED) is 0.347. The first-order valence-corrected chi connectivity index (χ1v) is 12.9. The van der Waals surface area contributed by atoms with Crippen molar-refractivity contribution in [3.05, 3.63) is 101 Å². The number of hydrogen-bond acceptors (Lipinski definition) is 5. The van der Waals surface area contributed by atoms with Crippen LogP contribution in [0.4, 0.5) is 5.82 Å². The second-order valence-corrected chi connectivity index (χ2v) is 10.6. The van der Waals surface area contributed by atoms with Crippen molar-refractivity contribution >= 4 is 17.6 Å². The van der Waals surface area contributed by atoms with E-state index in [1.807, 2.05) is 67.6 Å². The third-order valence-electron chi connectivity index (χ3n) is 6.61. The number of para-hydroxylation sites is 1. The number of carbonyl (C=O) groups is 2. The van der Waals surface area contributed by atoms with Crippen LogP contribution in [0.5, 0.6) is 11.5 Å². The van der Waals surface area contributed by atoms with Crippen LogP contribution in [0.3, 0.4) is 0 Å². The van der Waals surface area contributed by atoms with E-state index in [0.29, 0.717) is 29.3 Å². The van der Waals surface area contributed by atoms with Gasteiger partial charge in [0, 0.05) is 23.5 Å². The highest BCUT2D eigenvalue weighted by Crippen LogP contribution is 2.32. The molecule has 2 amide bonds. The number of rotatable bonds is 7. The van der Waals surface area contributed by atoms with Gasteiger partial charge in [0.2, 0.25) is 12.7 Å². The molecule has 1 aliphatic heterocycles. The van der Waals surface area contributed by atoms with Crippen molar-refractivity contribution in [1.29, 1.82) is 0 Å². The lowest BCUT2D eigenvalue weighted by atomic mass is 9.92. The topological polar surface area (TPSA) is 94.5 Å². The predicted octanol–water partition coefficient (Wildman–Crippen LogP) is 5.19. The van der Waals surface area contributed by atoms with Crippen LogP contribution < -0.4 is 20.1 Å². The third-order valence-corrected chi connectivity index (χ3v) is 6.61. The fraction of sp³-hybridized carbons (Fsp3) is 0.258. The Labute approximate surface area is 228 Å². The average molecular weight is 525 g/mol. The van der Waals surface area contributed by atoms with Crippen molar-refractivity contribution in [2.75, 3.05) is 12.1 Å². The molecule has 8 nitrogen and oxygen atoms in total. The fourth-order valence-corrected chi connectivity index (χ4v) is 4.37. The van der Waals surface area contributed by atoms with Gasteiger partial charge in [-0.3, -0.25) is 9.59 Å². The first kappa shape index (κ1) is 26.0. The van der Waals surface area contributed by atoms with Gasteiger partial charge in [-0.15, -0.1) is 0 Å². The molecular weight excluding hydrogens is 492 g/mol. The highest BCUT2D eigenvalue weighted by Gasteiger charge is 2.27. The van der Waals surface area contributed by atoms with E-state index in [0.717, 1.165) is 22.5 Å². The molecule has 0 bridgehead atoms. The van der Waals surface area contributed by atoms with Crippen molar-refractivity contribution in [3.8, 4) is 17.2 Å². The number of anilines is 1. The van der Waals surface area contributed by atoms with E-state index in [9.17, 15) is 9.59 Å². The van der Waals surface area contributed by atoms with Crippen molar-refractivity contribution in [3.63, 3.8) is 0 Å². The van der Waals surface area contributed by atoms with Crippen molar-refractivity contribution < 1.29 is 19.1 Å². The number of benzene rings is 3. The summed E-state index contributed by atoms with van der Waals surface area (Å²) in [6.45, 7) is 8.35. The molecule has 200 valence electrons. The molecule has 2 heterocycles. The molecule has 1 atom stereocenters. The summed E-state index contributed by atoms with van der Waals surface area (Å²) in [7, 11) is 0. The molecule has 1 aliphatic rings. The van der Waals surface area contributed by atoms with Crippen LogP contribution in [0, 0.1) is 6.92 Å². The Kier molecular flexibility index (Phi) is 7.11. The second-order valence-electron chi connectivity index (χ2n) is 10.6. The van der Waals surface area contributed by atoms with Crippen LogP contribution in [-0.2, 0) is 16.6 Å². The first-order valence-electron chi connectivity index (χ1n) is 12.9. The molecule has 0 saturated carbocycles. The van der Waals surface area contributed by atoms with Crippen LogP contribution in [0.1, 0.15) is 48.0 Å². The zero-order valence-electron chi connectivity index (χ0n) is 22.5. The molecule has 0 saturated heterocycles. The van der Waals surface area contributed by atoms with Crippen LogP contribution in [0.15, 0.2) is 78.9 Å². The van der Waals surface area contributed by atoms with Crippen LogP contribution in [0.2, 0.25) is 0 Å². The number of aromatic nitrogens is 2. The number of fused-ring (bicyclic) bond motifs is 1. The number of hydrogen-bond donors (Lipinski definition) is 2. The number of nitrogens with one attached hydrogen (secondary N) is 2. The van der Waals surface area contributed by atoms with E-state index in [4.69, 9.17) is 14.6 Å². The van der Waals surface area contributed by atoms with Gasteiger partial charge in [0.15, 0.2) is 11.5 Å². The zero-order chi connectivity index (χ0) is 27.6. The Bertz CT molecular complexity index is 1500. The molecule has 39 heavy (non-hydrogen) atoms. The number of amides is 2. The minimum Gasteiger partial charge on any atom is -0.454 e. The van der Waals surface area contributed by atoms with E-state index in [1.54, 1.807) is 22.9 Å². The van der Waals surface area contributed by atoms with Gasteiger partial charge >= 0.3 is 0 Å². The minimum atomic E-state index is -0.844. The Hall–Kier alpha value is -4.59. The lowest BCUT2D eigenvalue weighted by Gasteiger charge is -2.19. The molecule has 0 spiro atoms. The molecule has 0 fully saturated rings. The maximum Gasteiger partial charge on any atom is 0.252 e. The summed E-state index contributed by atoms with van der Waals surface area (Å²) < 4.78 is 12.5. The maximum absolute atomic E-state index is 13.8. The predicted molar refractivity (Wildman–Crippen MR) is 150 cm³/mol. The van der Waals surface area contributed by atoms with Crippen molar-refractivity contribution in [1.82, 2.24) is 15.1 Å². The number of carbonyl (C=O) groups excluding carboxylic acids is 2. The summed E-state index contributed by atoms with van der Waals surface area (Å²) in [5.41, 5.74) is 3.80. The van der Waals surface area contributed by atoms with Gasteiger partial charge in [0.05, 0.1) is 11.4 Å². The fourth-order valence-electron chi connectivity index (χ4n) is 4.37. The Morgan fingerprint density at radius 2 is 1.67 bits per heavy atom. The standard InChI is InChI=1S/C31H32N4O4/c1-20-10-8-9-13-24(20)35-28(18-27(34-35)31(2,3)4)33-30(37)23(16-21-11-6-5-7-12-21)32-29(36)22-14-15-25-26(17-22)39-19-38-25/h5-15,17-18,23H,16,19H2,1-4H3,(H,32,36)(H,33,37). The second kappa shape index (κ2) is 10.6. The monoisotopic (exact) mass is 524 g/mol. The molecule has 1 aromatic heterocycles. The van der Waals surface area contributed by atoms with E-state index < -0.39 is 6.04 Å². The van der Waals surface area contributed by atoms with E-state index in [-0.39, 0.29) is 24.0 Å². The highest BCUT2D eigenvalue weighted by molar-refractivity contribution is 6.01. The smallest absolute Gasteiger partial charge is 0.252 e. The zero-order valence-corrected chi connectivity index (χ0v) is 22.5. The van der Waals surface area contributed by atoms with Gasteiger partial charge in [0.25, 0.3) is 5.91 Å². The molecule has 1 unspecified atom stereocenters. The van der Waals surface area contributed by atoms with Gasteiger partial charge in [-0.05, 0) is 42.3 Å². The SMILES string of the molecule is Cc1ccccc1-n1nc(C(C)(C)C)cc1NC(=O)C(Cc1ccccc1)NC(=O)c1ccc2c(c1)OCO2. The Balaban J connectivity index is 1.45. The molecule has 4 aromatic rings. The number of ether oxygens (including phenoxy) is 2. The van der Waals surface area contributed by atoms with E-state index in [2.05, 4.69) is 31.4 Å². The third kappa shape index (κ3) is 5.80. The van der Waals surface area contributed by atoms with Crippen LogP contribution in [0.25, 0.3) is 5.69 Å². The average Bonchev–Trinajstić information content (AvgIpc) is 3.56. The van der Waals surface area contributed by atoms with Crippen molar-refractivity contribution in [2.45, 2.75) is 45.6 Å². The van der Waals surface area contributed by atoms with Gasteiger partial charge in [0.1, 0.15) is 11.9 Å². The molecule has 0 radical (unpaired) electrons. The molecule has 3 aromatic carbocycles. The summed E-state index contributed by atoms with van der Waals surface area (Å²) in [6, 6.07) is 23.5. The number of aryl methyl sites for hydroxylation is 1. The normalized spacial score (nSPS) is 13.1. The number of nitrogens with zero attached hydrogens (tertiary/aromatic N) is 2. The highest BCUT2D eigenvalue weighted by atomic mass is 16.7. The van der Waals surface area contributed by atoms with Gasteiger partial charge in [-0.1, -0.05) is 69.3 Å². The minimum absolute atomic E-state index is 0.116. The lowest BCUT2D eigenvalue weighted by Crippen LogP contribution is -2.45. The first-order chi connectivity index (χ1) is 18.7. The molecule has 8 heteroatoms. The Morgan fingerprint density at radius 1 is 0.949 bits per heavy atom. The van der Waals surface area contributed by atoms with Crippen LogP contribution in [-0.4, -0.2) is 34.4 Å². The Morgan fingerprint density at radius 3 is 2.41 bits per heavy atom. The maximum atomic E-state index is 13.8. The van der Waals surface area contributed by atoms with E-state index >= 15 is 0 Å². The summed E-state index contributed by atoms with van der Waals surface area (Å²) in [5.74, 6) is 0.901. The lowest BCUT2D eigenvalue weighted by molar-refractivity contribution is -0.118. The van der Waals surface area contributed by atoms with Crippen molar-refractivity contribution in [2.24, 2.45) is 0 Å². The molecule has 0 aliphatic carbocycles.